The third-order valence-corrected chi connectivity index (χ3v) is 4.64. The minimum Gasteiger partial charge on any atom is -0.507 e. The SMILES string of the molecule is CN=Cc1c(-c2ccccc2)ccc(C2CCCCC2)c1O. The Kier molecular flexibility index (Phi) is 4.57. The van der Waals surface area contributed by atoms with E-state index in [2.05, 4.69) is 29.3 Å². The molecule has 2 nitrogen and oxygen atoms in total. The standard InChI is InChI=1S/C20H23NO/c1-21-14-19-17(15-8-4-2-5-9-15)12-13-18(20(19)22)16-10-6-3-7-11-16/h2,4-5,8-9,12-14,16,22H,3,6-7,10-11H2,1H3. The van der Waals surface area contributed by atoms with Gasteiger partial charge in [-0.15, -0.1) is 0 Å². The van der Waals surface area contributed by atoms with Crippen LogP contribution in [-0.4, -0.2) is 18.4 Å². The highest BCUT2D eigenvalue weighted by atomic mass is 16.3. The summed E-state index contributed by atoms with van der Waals surface area (Å²) in [4.78, 5) is 4.15. The van der Waals surface area contributed by atoms with E-state index >= 15 is 0 Å². The van der Waals surface area contributed by atoms with Gasteiger partial charge in [0.05, 0.1) is 0 Å². The molecule has 22 heavy (non-hydrogen) atoms. The molecule has 1 N–H and O–H groups in total. The molecule has 1 aliphatic carbocycles. The highest BCUT2D eigenvalue weighted by Gasteiger charge is 2.21. The third-order valence-electron chi connectivity index (χ3n) is 4.64. The van der Waals surface area contributed by atoms with Crippen LogP contribution in [0.25, 0.3) is 11.1 Å². The minimum absolute atomic E-state index is 0.416. The molecular formula is C20H23NO. The number of benzene rings is 2. The number of phenols is 1. The van der Waals surface area contributed by atoms with Crippen LogP contribution in [0, 0.1) is 0 Å². The molecule has 0 amide bonds. The highest BCUT2D eigenvalue weighted by Crippen LogP contribution is 2.41. The van der Waals surface area contributed by atoms with Gasteiger partial charge in [-0.1, -0.05) is 61.7 Å². The molecule has 3 rings (SSSR count). The van der Waals surface area contributed by atoms with E-state index in [1.807, 2.05) is 18.2 Å². The van der Waals surface area contributed by atoms with Gasteiger partial charge in [-0.3, -0.25) is 4.99 Å². The zero-order valence-electron chi connectivity index (χ0n) is 13.1. The Hall–Kier alpha value is -2.09. The quantitative estimate of drug-likeness (QED) is 0.779. The van der Waals surface area contributed by atoms with Crippen molar-refractivity contribution in [2.24, 2.45) is 4.99 Å². The Labute approximate surface area is 132 Å². The lowest BCUT2D eigenvalue weighted by Crippen LogP contribution is -2.06. The monoisotopic (exact) mass is 293 g/mol. The molecule has 114 valence electrons. The number of hydrogen-bond donors (Lipinski definition) is 1. The lowest BCUT2D eigenvalue weighted by atomic mass is 9.82. The summed E-state index contributed by atoms with van der Waals surface area (Å²) in [6, 6.07) is 14.4. The predicted molar refractivity (Wildman–Crippen MR) is 92.9 cm³/mol. The van der Waals surface area contributed by atoms with Crippen LogP contribution in [-0.2, 0) is 0 Å². The molecule has 0 spiro atoms. The number of phenolic OH excluding ortho intramolecular Hbond substituents is 1. The Balaban J connectivity index is 2.07. The summed E-state index contributed by atoms with van der Waals surface area (Å²) >= 11 is 0. The maximum absolute atomic E-state index is 10.8. The fourth-order valence-electron chi connectivity index (χ4n) is 3.50. The summed E-state index contributed by atoms with van der Waals surface area (Å²) < 4.78 is 0. The molecule has 1 saturated carbocycles. The largest absolute Gasteiger partial charge is 0.507 e. The molecule has 0 bridgehead atoms. The normalized spacial score (nSPS) is 16.2. The molecule has 2 heteroatoms. The first-order chi connectivity index (χ1) is 10.8. The second kappa shape index (κ2) is 6.78. The molecule has 0 unspecified atom stereocenters. The van der Waals surface area contributed by atoms with Crippen molar-refractivity contribution in [3.63, 3.8) is 0 Å². The van der Waals surface area contributed by atoms with Crippen LogP contribution in [0.5, 0.6) is 5.75 Å². The van der Waals surface area contributed by atoms with Crippen molar-refractivity contribution < 1.29 is 5.11 Å². The summed E-state index contributed by atoms with van der Waals surface area (Å²) in [6.45, 7) is 0. The Morgan fingerprint density at radius 2 is 1.73 bits per heavy atom. The fourth-order valence-corrected chi connectivity index (χ4v) is 3.50. The first kappa shape index (κ1) is 14.8. The van der Waals surface area contributed by atoms with Crippen LogP contribution in [0.1, 0.15) is 49.1 Å². The van der Waals surface area contributed by atoms with E-state index in [0.717, 1.165) is 22.3 Å². The maximum Gasteiger partial charge on any atom is 0.128 e. The molecule has 0 heterocycles. The van der Waals surface area contributed by atoms with Crippen LogP contribution in [0.4, 0.5) is 0 Å². The molecule has 0 atom stereocenters. The van der Waals surface area contributed by atoms with E-state index in [1.165, 1.54) is 32.1 Å². The predicted octanol–water partition coefficient (Wildman–Crippen LogP) is 5.16. The van der Waals surface area contributed by atoms with Crippen molar-refractivity contribution >= 4 is 6.21 Å². The van der Waals surface area contributed by atoms with Gasteiger partial charge in [0.1, 0.15) is 5.75 Å². The van der Waals surface area contributed by atoms with E-state index in [-0.39, 0.29) is 0 Å². The first-order valence-electron chi connectivity index (χ1n) is 8.14. The van der Waals surface area contributed by atoms with Gasteiger partial charge in [-0.2, -0.15) is 0 Å². The van der Waals surface area contributed by atoms with Crippen molar-refractivity contribution in [3.05, 3.63) is 53.6 Å². The van der Waals surface area contributed by atoms with Gasteiger partial charge in [0.25, 0.3) is 0 Å². The molecule has 0 aliphatic heterocycles. The summed E-state index contributed by atoms with van der Waals surface area (Å²) in [5, 5.41) is 10.8. The molecular weight excluding hydrogens is 270 g/mol. The van der Waals surface area contributed by atoms with Gasteiger partial charge >= 0.3 is 0 Å². The summed E-state index contributed by atoms with van der Waals surface area (Å²) in [6.07, 6.45) is 8.00. The van der Waals surface area contributed by atoms with E-state index in [1.54, 1.807) is 13.3 Å². The Morgan fingerprint density at radius 1 is 1.00 bits per heavy atom. The van der Waals surface area contributed by atoms with Gasteiger partial charge < -0.3 is 5.11 Å². The number of hydrogen-bond acceptors (Lipinski definition) is 2. The lowest BCUT2D eigenvalue weighted by Gasteiger charge is -2.24. The summed E-state index contributed by atoms with van der Waals surface area (Å²) in [5.41, 5.74) is 4.09. The van der Waals surface area contributed by atoms with Crippen molar-refractivity contribution in [2.45, 2.75) is 38.0 Å². The summed E-state index contributed by atoms with van der Waals surface area (Å²) in [5.74, 6) is 0.904. The van der Waals surface area contributed by atoms with E-state index in [4.69, 9.17) is 0 Å². The number of aliphatic imine (C=N–C) groups is 1. The van der Waals surface area contributed by atoms with Gasteiger partial charge in [-0.25, -0.2) is 0 Å². The van der Waals surface area contributed by atoms with Crippen LogP contribution in [0.3, 0.4) is 0 Å². The Morgan fingerprint density at radius 3 is 2.41 bits per heavy atom. The molecule has 1 fully saturated rings. The second-order valence-corrected chi connectivity index (χ2v) is 6.05. The van der Waals surface area contributed by atoms with Crippen molar-refractivity contribution in [3.8, 4) is 16.9 Å². The lowest BCUT2D eigenvalue weighted by molar-refractivity contribution is 0.414. The molecule has 0 aromatic heterocycles. The van der Waals surface area contributed by atoms with Crippen molar-refractivity contribution in [1.29, 1.82) is 0 Å². The smallest absolute Gasteiger partial charge is 0.128 e. The van der Waals surface area contributed by atoms with Gasteiger partial charge in [0.15, 0.2) is 0 Å². The van der Waals surface area contributed by atoms with Crippen LogP contribution in [0.2, 0.25) is 0 Å². The average molecular weight is 293 g/mol. The van der Waals surface area contributed by atoms with Crippen molar-refractivity contribution in [1.82, 2.24) is 0 Å². The van der Waals surface area contributed by atoms with Crippen LogP contribution in [0.15, 0.2) is 47.5 Å². The third kappa shape index (κ3) is 2.92. The second-order valence-electron chi connectivity index (χ2n) is 6.05. The van der Waals surface area contributed by atoms with E-state index in [9.17, 15) is 5.11 Å². The Bertz CT molecular complexity index is 655. The van der Waals surface area contributed by atoms with Gasteiger partial charge in [-0.05, 0) is 35.4 Å². The van der Waals surface area contributed by atoms with E-state index < -0.39 is 0 Å². The van der Waals surface area contributed by atoms with E-state index in [0.29, 0.717) is 11.7 Å². The number of aromatic hydroxyl groups is 1. The van der Waals surface area contributed by atoms with Gasteiger partial charge in [0.2, 0.25) is 0 Å². The topological polar surface area (TPSA) is 32.6 Å². The molecule has 2 aromatic carbocycles. The first-order valence-corrected chi connectivity index (χ1v) is 8.14. The molecule has 0 saturated heterocycles. The average Bonchev–Trinajstić information content (AvgIpc) is 2.58. The minimum atomic E-state index is 0.416. The number of rotatable bonds is 3. The molecule has 1 aliphatic rings. The van der Waals surface area contributed by atoms with Crippen molar-refractivity contribution in [2.75, 3.05) is 7.05 Å². The number of nitrogens with zero attached hydrogens (tertiary/aromatic N) is 1. The highest BCUT2D eigenvalue weighted by molar-refractivity contribution is 5.94. The zero-order chi connectivity index (χ0) is 15.4. The molecule has 0 radical (unpaired) electrons. The summed E-state index contributed by atoms with van der Waals surface area (Å²) in [7, 11) is 1.75. The van der Waals surface area contributed by atoms with Crippen LogP contribution < -0.4 is 0 Å². The fraction of sp³-hybridized carbons (Fsp3) is 0.350. The van der Waals surface area contributed by atoms with Gasteiger partial charge in [0, 0.05) is 18.8 Å². The maximum atomic E-state index is 10.8. The molecule has 2 aromatic rings. The van der Waals surface area contributed by atoms with Crippen LogP contribution >= 0.6 is 0 Å². The zero-order valence-corrected chi connectivity index (χ0v) is 13.1.